The summed E-state index contributed by atoms with van der Waals surface area (Å²) in [5, 5.41) is 3.82. The third-order valence-electron chi connectivity index (χ3n) is 7.36. The van der Waals surface area contributed by atoms with Gasteiger partial charge in [-0.15, -0.1) is 12.6 Å². The number of rotatable bonds is 3. The number of amides is 1. The summed E-state index contributed by atoms with van der Waals surface area (Å²) in [6.45, 7) is 4.44. The van der Waals surface area contributed by atoms with Crippen LogP contribution >= 0.6 is 12.6 Å². The minimum absolute atomic E-state index is 0.0199. The number of carbonyl (C=O) groups is 1. The van der Waals surface area contributed by atoms with E-state index in [1.54, 1.807) is 0 Å². The Labute approximate surface area is 250 Å². The van der Waals surface area contributed by atoms with Crippen molar-refractivity contribution in [1.82, 2.24) is 20.0 Å². The molecule has 43 heavy (non-hydrogen) atoms. The maximum absolute atomic E-state index is 12.8. The van der Waals surface area contributed by atoms with E-state index in [4.69, 9.17) is 15.0 Å². The van der Waals surface area contributed by atoms with Gasteiger partial charge in [0.2, 0.25) is 0 Å². The second-order valence-electron chi connectivity index (χ2n) is 10.1. The molecule has 3 aromatic heterocycles. The molecule has 3 N–H and O–H groups in total. The van der Waals surface area contributed by atoms with E-state index in [2.05, 4.69) is 33.8 Å². The normalized spacial score (nSPS) is 13.3. The molecule has 1 amide bonds. The number of nitrogens with one attached hydrogen (secondary N) is 1. The number of hydrogen-bond acceptors (Lipinski definition) is 7. The van der Waals surface area contributed by atoms with Crippen LogP contribution in [0.1, 0.15) is 15.9 Å². The quantitative estimate of drug-likeness (QED) is 0.196. The van der Waals surface area contributed by atoms with E-state index in [1.165, 1.54) is 6.07 Å². The van der Waals surface area contributed by atoms with Gasteiger partial charge in [0.25, 0.3) is 11.6 Å². The van der Waals surface area contributed by atoms with Gasteiger partial charge in [0, 0.05) is 52.3 Å². The van der Waals surface area contributed by atoms with Crippen LogP contribution in [0.5, 0.6) is 0 Å². The van der Waals surface area contributed by atoms with Gasteiger partial charge in [-0.2, -0.15) is 0 Å². The molecule has 0 bridgehead atoms. The highest BCUT2D eigenvalue weighted by atomic mass is 32.1. The molecule has 7 rings (SSSR count). The fourth-order valence-electron chi connectivity index (χ4n) is 4.93. The Hall–Kier alpha value is -4.74. The Morgan fingerprint density at radius 1 is 0.977 bits per heavy atom. The highest BCUT2D eigenvalue weighted by molar-refractivity contribution is 7.80. The van der Waals surface area contributed by atoms with Gasteiger partial charge in [0.1, 0.15) is 23.0 Å². The van der Waals surface area contributed by atoms with Crippen LogP contribution in [0.3, 0.4) is 0 Å². The van der Waals surface area contributed by atoms with Gasteiger partial charge >= 0.3 is 0 Å². The topological polar surface area (TPSA) is 110 Å². The van der Waals surface area contributed by atoms with E-state index in [9.17, 15) is 13.6 Å². The molecule has 3 aromatic carbocycles. The first-order valence-corrected chi connectivity index (χ1v) is 14.0. The van der Waals surface area contributed by atoms with Crippen LogP contribution < -0.4 is 5.73 Å². The van der Waals surface area contributed by atoms with Crippen LogP contribution in [0.4, 0.5) is 14.6 Å². The van der Waals surface area contributed by atoms with Gasteiger partial charge in [0.15, 0.2) is 0 Å². The van der Waals surface area contributed by atoms with E-state index >= 15 is 0 Å². The zero-order chi connectivity index (χ0) is 30.1. The van der Waals surface area contributed by atoms with Crippen molar-refractivity contribution in [3.8, 4) is 22.3 Å². The van der Waals surface area contributed by atoms with E-state index in [0.29, 0.717) is 43.4 Å². The number of anilines is 1. The summed E-state index contributed by atoms with van der Waals surface area (Å²) in [5.74, 6) is -0.733. The van der Waals surface area contributed by atoms with Gasteiger partial charge in [-0.25, -0.2) is 23.9 Å². The summed E-state index contributed by atoms with van der Waals surface area (Å²) in [6.07, 6.45) is 1.83. The SMILES string of the molecule is Cc1c(-c2ccc3nc(N)c(-c4ccc(C(=O)N5CCOCC5)cc4)cc3c2)cnc2o[nH]c12.Fc1ccc(S)c(F)c1. The molecule has 1 aliphatic heterocycles. The molecule has 4 heterocycles. The number of morpholine rings is 1. The lowest BCUT2D eigenvalue weighted by atomic mass is 9.98. The summed E-state index contributed by atoms with van der Waals surface area (Å²) < 4.78 is 34.8. The van der Waals surface area contributed by atoms with E-state index in [0.717, 1.165) is 56.4 Å². The van der Waals surface area contributed by atoms with E-state index in [1.807, 2.05) is 60.5 Å². The number of halogens is 2. The molecule has 1 saturated heterocycles. The molecule has 0 radical (unpaired) electrons. The lowest BCUT2D eigenvalue weighted by Crippen LogP contribution is -2.40. The van der Waals surface area contributed by atoms with Crippen LogP contribution in [0.2, 0.25) is 0 Å². The molecule has 0 unspecified atom stereocenters. The first kappa shape index (κ1) is 28.4. The summed E-state index contributed by atoms with van der Waals surface area (Å²) in [5.41, 5.74) is 14.2. The molecule has 1 fully saturated rings. The van der Waals surface area contributed by atoms with Gasteiger partial charge < -0.3 is 19.9 Å². The van der Waals surface area contributed by atoms with Crippen molar-refractivity contribution in [2.45, 2.75) is 11.8 Å². The fraction of sp³-hybridized carbons (Fsp3) is 0.156. The summed E-state index contributed by atoms with van der Waals surface area (Å²) >= 11 is 3.70. The average Bonchev–Trinajstić information content (AvgIpc) is 3.00. The number of fused-ring (bicyclic) bond motifs is 2. The first-order chi connectivity index (χ1) is 20.8. The molecule has 6 aromatic rings. The number of aromatic amines is 1. The zero-order valence-electron chi connectivity index (χ0n) is 23.1. The number of ether oxygens (including phenoxy) is 1. The van der Waals surface area contributed by atoms with Crippen molar-refractivity contribution in [1.29, 1.82) is 0 Å². The molecule has 8 nitrogen and oxygen atoms in total. The number of aromatic nitrogens is 3. The highest BCUT2D eigenvalue weighted by Gasteiger charge is 2.19. The number of thiol groups is 1. The first-order valence-electron chi connectivity index (χ1n) is 13.5. The minimum atomic E-state index is -0.627. The lowest BCUT2D eigenvalue weighted by molar-refractivity contribution is 0.0303. The Bertz CT molecular complexity index is 1950. The molecule has 0 saturated carbocycles. The number of hydrogen-bond donors (Lipinski definition) is 3. The monoisotopic (exact) mass is 599 g/mol. The number of carbonyl (C=O) groups excluding carboxylic acids is 1. The predicted molar refractivity (Wildman–Crippen MR) is 164 cm³/mol. The average molecular weight is 600 g/mol. The van der Waals surface area contributed by atoms with Crippen molar-refractivity contribution in [2.24, 2.45) is 0 Å². The molecule has 0 aliphatic carbocycles. The minimum Gasteiger partial charge on any atom is -0.383 e. The van der Waals surface area contributed by atoms with E-state index in [-0.39, 0.29) is 10.8 Å². The number of H-pyrrole nitrogens is 1. The van der Waals surface area contributed by atoms with Crippen LogP contribution in [0.15, 0.2) is 82.3 Å². The molecule has 11 heteroatoms. The third-order valence-corrected chi connectivity index (χ3v) is 7.72. The molecular weight excluding hydrogens is 572 g/mol. The number of benzene rings is 3. The Balaban J connectivity index is 0.000000315. The largest absolute Gasteiger partial charge is 0.383 e. The van der Waals surface area contributed by atoms with Crippen molar-refractivity contribution in [3.05, 3.63) is 95.7 Å². The zero-order valence-corrected chi connectivity index (χ0v) is 24.0. The fourth-order valence-corrected chi connectivity index (χ4v) is 5.07. The van der Waals surface area contributed by atoms with Gasteiger partial charge in [-0.05, 0) is 66.1 Å². The number of pyridine rings is 2. The van der Waals surface area contributed by atoms with Crippen molar-refractivity contribution < 1.29 is 22.8 Å². The van der Waals surface area contributed by atoms with Crippen LogP contribution in [0, 0.1) is 18.6 Å². The molecule has 1 aliphatic rings. The maximum atomic E-state index is 12.8. The smallest absolute Gasteiger partial charge is 0.272 e. The van der Waals surface area contributed by atoms with Crippen molar-refractivity contribution in [3.63, 3.8) is 0 Å². The predicted octanol–water partition coefficient (Wildman–Crippen LogP) is 6.65. The van der Waals surface area contributed by atoms with Crippen LogP contribution in [0.25, 0.3) is 44.4 Å². The second-order valence-corrected chi connectivity index (χ2v) is 10.6. The Morgan fingerprint density at radius 2 is 1.72 bits per heavy atom. The van der Waals surface area contributed by atoms with Crippen molar-refractivity contribution in [2.75, 3.05) is 32.0 Å². The van der Waals surface area contributed by atoms with E-state index < -0.39 is 11.6 Å². The van der Waals surface area contributed by atoms with Gasteiger partial charge in [0.05, 0.1) is 18.7 Å². The van der Waals surface area contributed by atoms with Crippen molar-refractivity contribution >= 4 is 46.5 Å². The van der Waals surface area contributed by atoms with Crippen LogP contribution in [-0.2, 0) is 4.74 Å². The molecular formula is C32H27F2N5O3S. The molecule has 0 atom stereocenters. The standard InChI is InChI=1S/C26H23N5O3.C6H4F2S/c1-15-21(14-28-25-23(15)30-34-25)18-6-7-22-19(12-18)13-20(24(27)29-22)16-2-4-17(5-3-16)26(32)31-8-10-33-11-9-31;7-4-1-2-6(9)5(8)3-4/h2-7,12-14,30H,8-11H2,1H3,(H2,27,29);1-3,9H. The second kappa shape index (κ2) is 11.9. The summed E-state index contributed by atoms with van der Waals surface area (Å²) in [7, 11) is 0. The molecule has 218 valence electrons. The third kappa shape index (κ3) is 5.81. The highest BCUT2D eigenvalue weighted by Crippen LogP contribution is 2.33. The van der Waals surface area contributed by atoms with Crippen LogP contribution in [-0.4, -0.2) is 52.2 Å². The van der Waals surface area contributed by atoms with Gasteiger partial charge in [-0.3, -0.25) is 4.79 Å². The number of aryl methyl sites for hydroxylation is 1. The van der Waals surface area contributed by atoms with Gasteiger partial charge in [-0.1, -0.05) is 18.2 Å². The number of nitrogen functional groups attached to an aromatic ring is 1. The lowest BCUT2D eigenvalue weighted by Gasteiger charge is -2.26. The molecule has 0 spiro atoms. The number of nitrogens with two attached hydrogens (primary N) is 1. The summed E-state index contributed by atoms with van der Waals surface area (Å²) in [4.78, 5) is 23.7. The Kier molecular flexibility index (Phi) is 7.83. The maximum Gasteiger partial charge on any atom is 0.272 e. The Morgan fingerprint density at radius 3 is 2.40 bits per heavy atom. The number of nitrogens with zero attached hydrogens (tertiary/aromatic N) is 3. The summed E-state index contributed by atoms with van der Waals surface area (Å²) in [6, 6.07) is 18.9.